The summed E-state index contributed by atoms with van der Waals surface area (Å²) in [6.07, 6.45) is 8.38. The molecule has 2 aliphatic rings. The first kappa shape index (κ1) is 15.2. The van der Waals surface area contributed by atoms with E-state index in [0.29, 0.717) is 13.2 Å². The zero-order valence-electron chi connectivity index (χ0n) is 14.3. The maximum absolute atomic E-state index is 5.74. The highest BCUT2D eigenvalue weighted by atomic mass is 16.6. The molecule has 7 nitrogen and oxygen atoms in total. The summed E-state index contributed by atoms with van der Waals surface area (Å²) in [4.78, 5) is 8.66. The molecule has 0 unspecified atom stereocenters. The topological polar surface area (TPSA) is 74.1 Å². The third kappa shape index (κ3) is 2.56. The zero-order chi connectivity index (χ0) is 17.3. The number of anilines is 1. The molecule has 0 aliphatic carbocycles. The summed E-state index contributed by atoms with van der Waals surface area (Å²) in [6, 6.07) is 5.93. The average Bonchev–Trinajstić information content (AvgIpc) is 2.89. The van der Waals surface area contributed by atoms with E-state index in [4.69, 9.17) is 14.6 Å². The number of hydrogen-bond acceptors (Lipinski definition) is 6. The van der Waals surface area contributed by atoms with Gasteiger partial charge in [-0.25, -0.2) is 4.68 Å². The molecule has 1 aromatic carbocycles. The lowest BCUT2D eigenvalue weighted by Crippen LogP contribution is -2.15. The number of benzene rings is 1. The molecular formula is C19H19N5O2. The van der Waals surface area contributed by atoms with Gasteiger partial charge in [0.05, 0.1) is 11.9 Å². The van der Waals surface area contributed by atoms with Crippen molar-refractivity contribution in [1.82, 2.24) is 19.7 Å². The van der Waals surface area contributed by atoms with Gasteiger partial charge < -0.3 is 14.8 Å². The van der Waals surface area contributed by atoms with Crippen LogP contribution in [0.2, 0.25) is 0 Å². The SMILES string of the molecule is c1cnc(-c2nn(-c3ccc4c(c3)OCCO4)c3c2CCCCN3)cn1. The molecule has 1 N–H and O–H groups in total. The Morgan fingerprint density at radius 2 is 1.96 bits per heavy atom. The number of fused-ring (bicyclic) bond motifs is 2. The number of aromatic nitrogens is 4. The fraction of sp³-hybridized carbons (Fsp3) is 0.316. The van der Waals surface area contributed by atoms with E-state index in [0.717, 1.165) is 60.2 Å². The molecule has 0 radical (unpaired) electrons. The van der Waals surface area contributed by atoms with E-state index >= 15 is 0 Å². The molecule has 0 bridgehead atoms. The number of nitrogens with zero attached hydrogens (tertiary/aromatic N) is 4. The summed E-state index contributed by atoms with van der Waals surface area (Å²) in [5.74, 6) is 2.56. The molecular weight excluding hydrogens is 330 g/mol. The van der Waals surface area contributed by atoms with Gasteiger partial charge in [0.1, 0.15) is 30.4 Å². The first-order valence-electron chi connectivity index (χ1n) is 8.92. The Labute approximate surface area is 151 Å². The Morgan fingerprint density at radius 3 is 2.85 bits per heavy atom. The van der Waals surface area contributed by atoms with Crippen LogP contribution < -0.4 is 14.8 Å². The van der Waals surface area contributed by atoms with Gasteiger partial charge >= 0.3 is 0 Å². The van der Waals surface area contributed by atoms with Crippen LogP contribution in [0.25, 0.3) is 17.1 Å². The van der Waals surface area contributed by atoms with Crippen molar-refractivity contribution in [2.45, 2.75) is 19.3 Å². The summed E-state index contributed by atoms with van der Waals surface area (Å²) in [6.45, 7) is 2.09. The smallest absolute Gasteiger partial charge is 0.163 e. The van der Waals surface area contributed by atoms with E-state index in [1.165, 1.54) is 5.56 Å². The largest absolute Gasteiger partial charge is 0.486 e. The second-order valence-corrected chi connectivity index (χ2v) is 6.39. The highest BCUT2D eigenvalue weighted by molar-refractivity contribution is 5.69. The van der Waals surface area contributed by atoms with Crippen LogP contribution in [0.1, 0.15) is 18.4 Å². The van der Waals surface area contributed by atoms with E-state index in [2.05, 4.69) is 15.3 Å². The summed E-state index contributed by atoms with van der Waals surface area (Å²) in [7, 11) is 0. The van der Waals surface area contributed by atoms with Crippen LogP contribution in [0.5, 0.6) is 11.5 Å². The first-order valence-corrected chi connectivity index (χ1v) is 8.92. The number of ether oxygens (including phenoxy) is 2. The van der Waals surface area contributed by atoms with Crippen LogP contribution in [0, 0.1) is 0 Å². The molecule has 5 rings (SSSR count). The summed E-state index contributed by atoms with van der Waals surface area (Å²) in [5.41, 5.74) is 3.81. The molecule has 3 aromatic rings. The molecule has 0 fully saturated rings. The molecule has 0 saturated heterocycles. The predicted molar refractivity (Wildman–Crippen MR) is 97.0 cm³/mol. The predicted octanol–water partition coefficient (Wildman–Crippen LogP) is 2.85. The summed E-state index contributed by atoms with van der Waals surface area (Å²) < 4.78 is 13.3. The molecule has 0 atom stereocenters. The van der Waals surface area contributed by atoms with Crippen molar-refractivity contribution in [2.24, 2.45) is 0 Å². The number of rotatable bonds is 2. The lowest BCUT2D eigenvalue weighted by Gasteiger charge is -2.19. The van der Waals surface area contributed by atoms with Crippen LogP contribution in [-0.4, -0.2) is 39.5 Å². The van der Waals surface area contributed by atoms with Crippen molar-refractivity contribution in [3.05, 3.63) is 42.4 Å². The molecule has 2 aliphatic heterocycles. The van der Waals surface area contributed by atoms with Gasteiger partial charge in [-0.2, -0.15) is 5.10 Å². The molecule has 0 saturated carbocycles. The van der Waals surface area contributed by atoms with Crippen LogP contribution in [0.3, 0.4) is 0 Å². The van der Waals surface area contributed by atoms with Crippen molar-refractivity contribution in [3.8, 4) is 28.6 Å². The average molecular weight is 349 g/mol. The fourth-order valence-corrected chi connectivity index (χ4v) is 3.48. The van der Waals surface area contributed by atoms with Crippen molar-refractivity contribution < 1.29 is 9.47 Å². The lowest BCUT2D eigenvalue weighted by molar-refractivity contribution is 0.171. The summed E-state index contributed by atoms with van der Waals surface area (Å²) in [5, 5.41) is 8.42. The second kappa shape index (κ2) is 6.33. The minimum atomic E-state index is 0.566. The molecule has 132 valence electrons. The van der Waals surface area contributed by atoms with Gasteiger partial charge in [0, 0.05) is 30.6 Å². The molecule has 0 amide bonds. The van der Waals surface area contributed by atoms with Crippen molar-refractivity contribution in [3.63, 3.8) is 0 Å². The fourth-order valence-electron chi connectivity index (χ4n) is 3.48. The van der Waals surface area contributed by atoms with Gasteiger partial charge in [-0.1, -0.05) is 0 Å². The zero-order valence-corrected chi connectivity index (χ0v) is 14.3. The quantitative estimate of drug-likeness (QED) is 0.767. The second-order valence-electron chi connectivity index (χ2n) is 6.39. The minimum absolute atomic E-state index is 0.566. The standard InChI is InChI=1S/C19H19N5O2/c1-2-6-22-19-14(3-1)18(15-12-20-7-8-21-15)23-24(19)13-4-5-16-17(11-13)26-10-9-25-16/h4-5,7-8,11-12,22H,1-3,6,9-10H2. The van der Waals surface area contributed by atoms with E-state index in [1.54, 1.807) is 18.6 Å². The molecule has 2 aromatic heterocycles. The minimum Gasteiger partial charge on any atom is -0.486 e. The Bertz CT molecular complexity index is 939. The lowest BCUT2D eigenvalue weighted by atomic mass is 10.1. The van der Waals surface area contributed by atoms with Gasteiger partial charge in [-0.3, -0.25) is 9.97 Å². The van der Waals surface area contributed by atoms with Crippen molar-refractivity contribution in [2.75, 3.05) is 25.1 Å². The van der Waals surface area contributed by atoms with E-state index < -0.39 is 0 Å². The molecule has 0 spiro atoms. The van der Waals surface area contributed by atoms with Crippen LogP contribution in [0.15, 0.2) is 36.8 Å². The maximum atomic E-state index is 5.74. The van der Waals surface area contributed by atoms with E-state index in [9.17, 15) is 0 Å². The van der Waals surface area contributed by atoms with E-state index in [1.807, 2.05) is 22.9 Å². The molecule has 4 heterocycles. The monoisotopic (exact) mass is 349 g/mol. The van der Waals surface area contributed by atoms with Gasteiger partial charge in [0.25, 0.3) is 0 Å². The van der Waals surface area contributed by atoms with Crippen molar-refractivity contribution in [1.29, 1.82) is 0 Å². The third-order valence-electron chi connectivity index (χ3n) is 4.71. The van der Waals surface area contributed by atoms with Gasteiger partial charge in [0.15, 0.2) is 11.5 Å². The van der Waals surface area contributed by atoms with Gasteiger partial charge in [0.2, 0.25) is 0 Å². The maximum Gasteiger partial charge on any atom is 0.163 e. The number of hydrogen-bond donors (Lipinski definition) is 1. The highest BCUT2D eigenvalue weighted by Crippen LogP contribution is 2.36. The van der Waals surface area contributed by atoms with Crippen LogP contribution in [-0.2, 0) is 6.42 Å². The third-order valence-corrected chi connectivity index (χ3v) is 4.71. The van der Waals surface area contributed by atoms with E-state index in [-0.39, 0.29) is 0 Å². The highest BCUT2D eigenvalue weighted by Gasteiger charge is 2.23. The van der Waals surface area contributed by atoms with Gasteiger partial charge in [-0.05, 0) is 31.4 Å². The van der Waals surface area contributed by atoms with Crippen LogP contribution >= 0.6 is 0 Å². The molecule has 26 heavy (non-hydrogen) atoms. The first-order chi connectivity index (χ1) is 12.9. The Hall–Kier alpha value is -3.09. The van der Waals surface area contributed by atoms with Crippen molar-refractivity contribution >= 4 is 5.82 Å². The van der Waals surface area contributed by atoms with Gasteiger partial charge in [-0.15, -0.1) is 0 Å². The number of nitrogens with one attached hydrogen (secondary N) is 1. The molecule has 7 heteroatoms. The Kier molecular flexibility index (Phi) is 3.70. The Balaban J connectivity index is 1.66. The Morgan fingerprint density at radius 1 is 1.04 bits per heavy atom. The summed E-state index contributed by atoms with van der Waals surface area (Å²) >= 11 is 0. The normalized spacial score (nSPS) is 15.7. The van der Waals surface area contributed by atoms with Crippen LogP contribution in [0.4, 0.5) is 5.82 Å².